The Bertz CT molecular complexity index is 797. The number of carbonyl (C=O) groups is 1. The lowest BCUT2D eigenvalue weighted by Gasteiger charge is -2.16. The monoisotopic (exact) mass is 376 g/mol. The number of thiophene rings is 1. The Morgan fingerprint density at radius 3 is 2.52 bits per heavy atom. The van der Waals surface area contributed by atoms with Gasteiger partial charge >= 0.3 is 5.97 Å². The summed E-state index contributed by atoms with van der Waals surface area (Å²) in [5.74, 6) is -0.336. The number of methoxy groups -OCH3 is 1. The molecule has 2 aromatic rings. The van der Waals surface area contributed by atoms with E-state index in [4.69, 9.17) is 17.0 Å². The van der Waals surface area contributed by atoms with Crippen LogP contribution in [0.15, 0.2) is 18.2 Å². The lowest BCUT2D eigenvalue weighted by molar-refractivity contribution is 0.0601. The van der Waals surface area contributed by atoms with Crippen molar-refractivity contribution in [3.8, 4) is 0 Å². The molecule has 0 saturated carbocycles. The third kappa shape index (κ3) is 4.19. The molecule has 2 rings (SSSR count). The van der Waals surface area contributed by atoms with E-state index in [-0.39, 0.29) is 5.97 Å². The highest BCUT2D eigenvalue weighted by Crippen LogP contribution is 2.34. The van der Waals surface area contributed by atoms with E-state index in [1.807, 2.05) is 19.9 Å². The number of para-hydroxylation sites is 1. The molecule has 0 aliphatic rings. The number of nitrogens with one attached hydrogen (secondary N) is 2. The van der Waals surface area contributed by atoms with Crippen LogP contribution < -0.4 is 10.6 Å². The standard InChI is InChI=1S/C19H24N2O2S2/c1-6-13-10-8-9-11(3)16(13)20-19(24)21-17-15(18(22)23-5)14(7-2)12(4)25-17/h8-10H,6-7H2,1-5H3,(H2,20,21,24). The van der Waals surface area contributed by atoms with Crippen molar-refractivity contribution in [2.75, 3.05) is 17.7 Å². The summed E-state index contributed by atoms with van der Waals surface area (Å²) >= 11 is 7.01. The van der Waals surface area contributed by atoms with Crippen LogP contribution in [0, 0.1) is 13.8 Å². The SMILES string of the molecule is CCc1cccc(C)c1NC(=S)Nc1sc(C)c(CC)c1C(=O)OC. The van der Waals surface area contributed by atoms with Gasteiger partial charge in [-0.15, -0.1) is 11.3 Å². The zero-order chi connectivity index (χ0) is 18.6. The summed E-state index contributed by atoms with van der Waals surface area (Å²) in [5.41, 5.74) is 4.94. The number of thiocarbonyl (C=S) groups is 1. The molecule has 4 nitrogen and oxygen atoms in total. The van der Waals surface area contributed by atoms with E-state index in [0.29, 0.717) is 10.7 Å². The molecule has 0 amide bonds. The molecule has 134 valence electrons. The van der Waals surface area contributed by atoms with Gasteiger partial charge in [-0.1, -0.05) is 32.0 Å². The van der Waals surface area contributed by atoms with Crippen molar-refractivity contribution in [1.82, 2.24) is 0 Å². The third-order valence-corrected chi connectivity index (χ3v) is 5.42. The van der Waals surface area contributed by atoms with Gasteiger partial charge in [0.25, 0.3) is 0 Å². The summed E-state index contributed by atoms with van der Waals surface area (Å²) in [6, 6.07) is 6.18. The molecule has 0 fully saturated rings. The lowest BCUT2D eigenvalue weighted by Crippen LogP contribution is -2.21. The van der Waals surface area contributed by atoms with E-state index in [1.54, 1.807) is 0 Å². The van der Waals surface area contributed by atoms with Gasteiger partial charge in [-0.3, -0.25) is 0 Å². The lowest BCUT2D eigenvalue weighted by atomic mass is 10.1. The fraction of sp³-hybridized carbons (Fsp3) is 0.368. The second-order valence-electron chi connectivity index (χ2n) is 5.73. The topological polar surface area (TPSA) is 50.4 Å². The highest BCUT2D eigenvalue weighted by Gasteiger charge is 2.22. The summed E-state index contributed by atoms with van der Waals surface area (Å²) in [6.07, 6.45) is 1.69. The summed E-state index contributed by atoms with van der Waals surface area (Å²) in [4.78, 5) is 13.3. The molecule has 0 aliphatic heterocycles. The number of aryl methyl sites for hydroxylation is 3. The largest absolute Gasteiger partial charge is 0.465 e. The molecule has 0 aliphatic carbocycles. The number of carbonyl (C=O) groups excluding carboxylic acids is 1. The molecular weight excluding hydrogens is 352 g/mol. The van der Waals surface area contributed by atoms with Gasteiger partial charge in [0.2, 0.25) is 0 Å². The molecule has 0 radical (unpaired) electrons. The third-order valence-electron chi connectivity index (χ3n) is 4.16. The number of benzene rings is 1. The first-order chi connectivity index (χ1) is 11.9. The quantitative estimate of drug-likeness (QED) is 0.563. The minimum Gasteiger partial charge on any atom is -0.465 e. The van der Waals surface area contributed by atoms with E-state index in [9.17, 15) is 4.79 Å². The van der Waals surface area contributed by atoms with Crippen molar-refractivity contribution in [1.29, 1.82) is 0 Å². The van der Waals surface area contributed by atoms with Gasteiger partial charge in [-0.05, 0) is 55.6 Å². The Morgan fingerprint density at radius 1 is 1.20 bits per heavy atom. The molecular formula is C19H24N2O2S2. The number of esters is 1. The van der Waals surface area contributed by atoms with Gasteiger partial charge in [-0.25, -0.2) is 4.79 Å². The fourth-order valence-electron chi connectivity index (χ4n) is 2.86. The van der Waals surface area contributed by atoms with Gasteiger partial charge in [0.15, 0.2) is 5.11 Å². The predicted octanol–water partition coefficient (Wildman–Crippen LogP) is 5.09. The van der Waals surface area contributed by atoms with Crippen molar-refractivity contribution < 1.29 is 9.53 Å². The molecule has 1 heterocycles. The Hall–Kier alpha value is -1.92. The number of ether oxygens (including phenoxy) is 1. The van der Waals surface area contributed by atoms with E-state index in [1.165, 1.54) is 24.0 Å². The zero-order valence-corrected chi connectivity index (χ0v) is 16.9. The number of anilines is 2. The maximum Gasteiger partial charge on any atom is 0.341 e. The Kier molecular flexibility index (Phi) is 6.56. The van der Waals surface area contributed by atoms with E-state index < -0.39 is 0 Å². The number of rotatable bonds is 5. The van der Waals surface area contributed by atoms with Crippen molar-refractivity contribution in [3.63, 3.8) is 0 Å². The summed E-state index contributed by atoms with van der Waals surface area (Å²) in [5, 5.41) is 7.67. The maximum atomic E-state index is 12.2. The first-order valence-electron chi connectivity index (χ1n) is 8.29. The zero-order valence-electron chi connectivity index (χ0n) is 15.3. The molecule has 0 unspecified atom stereocenters. The molecule has 0 bridgehead atoms. The van der Waals surface area contributed by atoms with Crippen LogP contribution in [0.4, 0.5) is 10.7 Å². The average Bonchev–Trinajstić information content (AvgIpc) is 2.90. The summed E-state index contributed by atoms with van der Waals surface area (Å²) < 4.78 is 4.95. The van der Waals surface area contributed by atoms with Crippen LogP contribution in [-0.2, 0) is 17.6 Å². The molecule has 1 aromatic heterocycles. The number of hydrogen-bond acceptors (Lipinski definition) is 4. The van der Waals surface area contributed by atoms with Gasteiger partial charge < -0.3 is 15.4 Å². The molecule has 25 heavy (non-hydrogen) atoms. The van der Waals surface area contributed by atoms with Crippen LogP contribution in [0.2, 0.25) is 0 Å². The maximum absolute atomic E-state index is 12.2. The second kappa shape index (κ2) is 8.45. The average molecular weight is 377 g/mol. The molecule has 1 aromatic carbocycles. The molecule has 0 spiro atoms. The van der Waals surface area contributed by atoms with Gasteiger partial charge in [0.1, 0.15) is 5.00 Å². The predicted molar refractivity (Wildman–Crippen MR) is 110 cm³/mol. The van der Waals surface area contributed by atoms with E-state index >= 15 is 0 Å². The Morgan fingerprint density at radius 2 is 1.92 bits per heavy atom. The minimum absolute atomic E-state index is 0.336. The Labute approximate surface area is 158 Å². The van der Waals surface area contributed by atoms with Gasteiger partial charge in [-0.2, -0.15) is 0 Å². The molecule has 6 heteroatoms. The van der Waals surface area contributed by atoms with Crippen LogP contribution in [-0.4, -0.2) is 18.2 Å². The smallest absolute Gasteiger partial charge is 0.341 e. The van der Waals surface area contributed by atoms with Crippen LogP contribution >= 0.6 is 23.6 Å². The first-order valence-corrected chi connectivity index (χ1v) is 9.52. The summed E-state index contributed by atoms with van der Waals surface area (Å²) in [6.45, 7) is 8.20. The summed E-state index contributed by atoms with van der Waals surface area (Å²) in [7, 11) is 1.40. The van der Waals surface area contributed by atoms with Crippen LogP contribution in [0.1, 0.15) is 45.8 Å². The molecule has 2 N–H and O–H groups in total. The second-order valence-corrected chi connectivity index (χ2v) is 7.36. The van der Waals surface area contributed by atoms with Crippen LogP contribution in [0.25, 0.3) is 0 Å². The minimum atomic E-state index is -0.336. The van der Waals surface area contributed by atoms with E-state index in [0.717, 1.165) is 39.5 Å². The van der Waals surface area contributed by atoms with Crippen LogP contribution in [0.3, 0.4) is 0 Å². The normalized spacial score (nSPS) is 10.4. The first kappa shape index (κ1) is 19.4. The van der Waals surface area contributed by atoms with Crippen molar-refractivity contribution in [2.45, 2.75) is 40.5 Å². The highest BCUT2D eigenvalue weighted by atomic mass is 32.1. The van der Waals surface area contributed by atoms with Crippen molar-refractivity contribution in [2.24, 2.45) is 0 Å². The molecule has 0 atom stereocenters. The van der Waals surface area contributed by atoms with Crippen molar-refractivity contribution in [3.05, 3.63) is 45.3 Å². The van der Waals surface area contributed by atoms with Crippen LogP contribution in [0.5, 0.6) is 0 Å². The number of hydrogen-bond donors (Lipinski definition) is 2. The van der Waals surface area contributed by atoms with Gasteiger partial charge in [0, 0.05) is 10.6 Å². The van der Waals surface area contributed by atoms with Gasteiger partial charge in [0.05, 0.1) is 12.7 Å². The molecule has 0 saturated heterocycles. The highest BCUT2D eigenvalue weighted by molar-refractivity contribution is 7.80. The fourth-order valence-corrected chi connectivity index (χ4v) is 4.27. The Balaban J connectivity index is 2.29. The van der Waals surface area contributed by atoms with Crippen molar-refractivity contribution >= 4 is 45.3 Å². The van der Waals surface area contributed by atoms with E-state index in [2.05, 4.69) is 36.6 Å².